The zero-order valence-corrected chi connectivity index (χ0v) is 10.2. The van der Waals surface area contributed by atoms with Gasteiger partial charge in [-0.25, -0.2) is 0 Å². The van der Waals surface area contributed by atoms with Gasteiger partial charge in [0.15, 0.2) is 0 Å². The fourth-order valence-corrected chi connectivity index (χ4v) is 1.87. The summed E-state index contributed by atoms with van der Waals surface area (Å²) < 4.78 is 5.29. The first-order valence-electron chi connectivity index (χ1n) is 6.29. The molecule has 4 nitrogen and oxygen atoms in total. The second-order valence-electron chi connectivity index (χ2n) is 4.69. The van der Waals surface area contributed by atoms with E-state index in [1.807, 2.05) is 0 Å². The molecule has 16 heavy (non-hydrogen) atoms. The Balaban J connectivity index is 2.05. The summed E-state index contributed by atoms with van der Waals surface area (Å²) in [5.41, 5.74) is 5.53. The molecular formula is C12H24N2O2. The van der Waals surface area contributed by atoms with Crippen LogP contribution < -0.4 is 11.1 Å². The lowest BCUT2D eigenvalue weighted by Gasteiger charge is -2.21. The van der Waals surface area contributed by atoms with E-state index in [4.69, 9.17) is 10.5 Å². The Morgan fingerprint density at radius 2 is 2.44 bits per heavy atom. The third-order valence-electron chi connectivity index (χ3n) is 3.11. The zero-order chi connectivity index (χ0) is 11.8. The van der Waals surface area contributed by atoms with Crippen molar-refractivity contribution < 1.29 is 9.53 Å². The average molecular weight is 228 g/mol. The summed E-state index contributed by atoms with van der Waals surface area (Å²) in [6.45, 7) is 5.02. The van der Waals surface area contributed by atoms with Crippen LogP contribution in [0.15, 0.2) is 0 Å². The number of hydrogen-bond donors (Lipinski definition) is 2. The number of nitrogens with one attached hydrogen (secondary N) is 1. The third-order valence-corrected chi connectivity index (χ3v) is 3.11. The standard InChI is InChI=1S/C12H24N2O2/c1-10(8-13)4-2-6-14-12(15)11-5-3-7-16-9-11/h10-11H,2-9,13H2,1H3,(H,14,15). The second kappa shape index (κ2) is 7.63. The largest absolute Gasteiger partial charge is 0.381 e. The average Bonchev–Trinajstić information content (AvgIpc) is 2.35. The van der Waals surface area contributed by atoms with E-state index in [9.17, 15) is 4.79 Å². The van der Waals surface area contributed by atoms with Crippen molar-refractivity contribution in [3.8, 4) is 0 Å². The highest BCUT2D eigenvalue weighted by atomic mass is 16.5. The van der Waals surface area contributed by atoms with Crippen molar-refractivity contribution in [2.75, 3.05) is 26.3 Å². The number of hydrogen-bond acceptors (Lipinski definition) is 3. The van der Waals surface area contributed by atoms with Crippen molar-refractivity contribution in [1.82, 2.24) is 5.32 Å². The van der Waals surface area contributed by atoms with Crippen molar-refractivity contribution in [3.05, 3.63) is 0 Å². The van der Waals surface area contributed by atoms with Crippen LogP contribution in [0.2, 0.25) is 0 Å². The number of amides is 1. The molecule has 0 aromatic carbocycles. The normalized spacial score (nSPS) is 22.8. The fourth-order valence-electron chi connectivity index (χ4n) is 1.87. The molecule has 1 aliphatic rings. The highest BCUT2D eigenvalue weighted by Crippen LogP contribution is 2.13. The van der Waals surface area contributed by atoms with Crippen molar-refractivity contribution >= 4 is 5.91 Å². The molecule has 1 saturated heterocycles. The van der Waals surface area contributed by atoms with Crippen molar-refractivity contribution in [3.63, 3.8) is 0 Å². The maximum Gasteiger partial charge on any atom is 0.225 e. The predicted molar refractivity (Wildman–Crippen MR) is 64.0 cm³/mol. The summed E-state index contributed by atoms with van der Waals surface area (Å²) >= 11 is 0. The summed E-state index contributed by atoms with van der Waals surface area (Å²) in [5, 5.41) is 2.97. The van der Waals surface area contributed by atoms with E-state index < -0.39 is 0 Å². The zero-order valence-electron chi connectivity index (χ0n) is 10.2. The highest BCUT2D eigenvalue weighted by Gasteiger charge is 2.20. The van der Waals surface area contributed by atoms with Gasteiger partial charge in [-0.1, -0.05) is 6.92 Å². The SMILES string of the molecule is CC(CN)CCCNC(=O)C1CCCOC1. The Morgan fingerprint density at radius 1 is 1.62 bits per heavy atom. The molecule has 0 aliphatic carbocycles. The number of nitrogens with two attached hydrogens (primary N) is 1. The molecule has 3 N–H and O–H groups in total. The van der Waals surface area contributed by atoms with Crippen LogP contribution >= 0.6 is 0 Å². The molecule has 0 saturated carbocycles. The van der Waals surface area contributed by atoms with Crippen molar-refractivity contribution in [1.29, 1.82) is 0 Å². The summed E-state index contributed by atoms with van der Waals surface area (Å²) in [5.74, 6) is 0.774. The van der Waals surface area contributed by atoms with Crippen LogP contribution in [0.4, 0.5) is 0 Å². The Morgan fingerprint density at radius 3 is 3.06 bits per heavy atom. The lowest BCUT2D eigenvalue weighted by atomic mass is 10.0. The van der Waals surface area contributed by atoms with Crippen LogP contribution in [0.1, 0.15) is 32.6 Å². The van der Waals surface area contributed by atoms with Gasteiger partial charge in [0, 0.05) is 13.2 Å². The van der Waals surface area contributed by atoms with Gasteiger partial charge >= 0.3 is 0 Å². The first-order valence-corrected chi connectivity index (χ1v) is 6.29. The van der Waals surface area contributed by atoms with E-state index in [0.29, 0.717) is 12.5 Å². The minimum Gasteiger partial charge on any atom is -0.381 e. The van der Waals surface area contributed by atoms with Crippen molar-refractivity contribution in [2.45, 2.75) is 32.6 Å². The van der Waals surface area contributed by atoms with Gasteiger partial charge in [-0.05, 0) is 38.1 Å². The summed E-state index contributed by atoms with van der Waals surface area (Å²) in [6.07, 6.45) is 4.06. The monoisotopic (exact) mass is 228 g/mol. The van der Waals surface area contributed by atoms with Crippen LogP contribution in [-0.4, -0.2) is 32.2 Å². The molecule has 1 amide bonds. The molecule has 4 heteroatoms. The van der Waals surface area contributed by atoms with E-state index >= 15 is 0 Å². The molecule has 94 valence electrons. The second-order valence-corrected chi connectivity index (χ2v) is 4.69. The predicted octanol–water partition coefficient (Wildman–Crippen LogP) is 0.904. The maximum absolute atomic E-state index is 11.7. The molecule has 1 aliphatic heterocycles. The third kappa shape index (κ3) is 4.94. The number of rotatable bonds is 6. The summed E-state index contributed by atoms with van der Waals surface area (Å²) in [4.78, 5) is 11.7. The van der Waals surface area contributed by atoms with Crippen LogP contribution in [-0.2, 0) is 9.53 Å². The molecule has 0 radical (unpaired) electrons. The number of ether oxygens (including phenoxy) is 1. The first-order chi connectivity index (χ1) is 7.74. The molecule has 2 atom stereocenters. The van der Waals surface area contributed by atoms with E-state index in [1.54, 1.807) is 0 Å². The molecule has 0 bridgehead atoms. The molecule has 1 fully saturated rings. The van der Waals surface area contributed by atoms with Gasteiger partial charge in [-0.15, -0.1) is 0 Å². The Bertz CT molecular complexity index is 203. The fraction of sp³-hybridized carbons (Fsp3) is 0.917. The van der Waals surface area contributed by atoms with Crippen LogP contribution in [0.5, 0.6) is 0 Å². The van der Waals surface area contributed by atoms with E-state index in [-0.39, 0.29) is 11.8 Å². The van der Waals surface area contributed by atoms with Crippen LogP contribution in [0.3, 0.4) is 0 Å². The molecule has 1 rings (SSSR count). The van der Waals surface area contributed by atoms with E-state index in [2.05, 4.69) is 12.2 Å². The molecular weight excluding hydrogens is 204 g/mol. The van der Waals surface area contributed by atoms with Gasteiger partial charge in [0.2, 0.25) is 5.91 Å². The van der Waals surface area contributed by atoms with Crippen molar-refractivity contribution in [2.24, 2.45) is 17.6 Å². The summed E-state index contributed by atoms with van der Waals surface area (Å²) in [7, 11) is 0. The smallest absolute Gasteiger partial charge is 0.225 e. The number of carbonyl (C=O) groups is 1. The lowest BCUT2D eigenvalue weighted by molar-refractivity contribution is -0.128. The Kier molecular flexibility index (Phi) is 6.42. The van der Waals surface area contributed by atoms with Gasteiger partial charge in [-0.2, -0.15) is 0 Å². The molecule has 0 spiro atoms. The molecule has 1 heterocycles. The minimum atomic E-state index is 0.0701. The Labute approximate surface area is 97.9 Å². The van der Waals surface area contributed by atoms with Gasteiger partial charge < -0.3 is 15.8 Å². The number of carbonyl (C=O) groups excluding carboxylic acids is 1. The summed E-state index contributed by atoms with van der Waals surface area (Å²) in [6, 6.07) is 0. The van der Waals surface area contributed by atoms with E-state index in [0.717, 1.165) is 45.4 Å². The Hall–Kier alpha value is -0.610. The van der Waals surface area contributed by atoms with Crippen LogP contribution in [0, 0.1) is 11.8 Å². The van der Waals surface area contributed by atoms with Gasteiger partial charge in [0.25, 0.3) is 0 Å². The van der Waals surface area contributed by atoms with Gasteiger partial charge in [-0.3, -0.25) is 4.79 Å². The van der Waals surface area contributed by atoms with Gasteiger partial charge in [0.1, 0.15) is 0 Å². The topological polar surface area (TPSA) is 64.3 Å². The highest BCUT2D eigenvalue weighted by molar-refractivity contribution is 5.78. The molecule has 0 aromatic heterocycles. The molecule has 2 unspecified atom stereocenters. The molecule has 0 aromatic rings. The van der Waals surface area contributed by atoms with Crippen LogP contribution in [0.25, 0.3) is 0 Å². The maximum atomic E-state index is 11.7. The minimum absolute atomic E-state index is 0.0701. The quantitative estimate of drug-likeness (QED) is 0.664. The van der Waals surface area contributed by atoms with Gasteiger partial charge in [0.05, 0.1) is 12.5 Å². The lowest BCUT2D eigenvalue weighted by Crippen LogP contribution is -2.36. The first kappa shape index (κ1) is 13.5. The van der Waals surface area contributed by atoms with E-state index in [1.165, 1.54) is 0 Å².